The summed E-state index contributed by atoms with van der Waals surface area (Å²) in [5.74, 6) is 0.415. The van der Waals surface area contributed by atoms with Gasteiger partial charge in [0.15, 0.2) is 0 Å². The van der Waals surface area contributed by atoms with Crippen LogP contribution in [0.2, 0.25) is 0 Å². The number of piperidine rings is 1. The molecule has 0 unspecified atom stereocenters. The molecule has 3 aromatic rings. The molecule has 7 nitrogen and oxygen atoms in total. The van der Waals surface area contributed by atoms with Gasteiger partial charge in [0, 0.05) is 37.7 Å². The molecule has 32 heavy (non-hydrogen) atoms. The second kappa shape index (κ2) is 9.50. The predicted octanol–water partition coefficient (Wildman–Crippen LogP) is 4.28. The highest BCUT2D eigenvalue weighted by Gasteiger charge is 2.25. The number of sulfonamides is 1. The van der Waals surface area contributed by atoms with Crippen LogP contribution in [-0.4, -0.2) is 43.8 Å². The Labute approximate surface area is 188 Å². The van der Waals surface area contributed by atoms with Gasteiger partial charge in [-0.2, -0.15) is 4.31 Å². The van der Waals surface area contributed by atoms with Gasteiger partial charge in [0.25, 0.3) is 5.91 Å². The summed E-state index contributed by atoms with van der Waals surface area (Å²) in [6, 6.07) is 19.6. The highest BCUT2D eigenvalue weighted by Crippen LogP contribution is 2.23. The lowest BCUT2D eigenvalue weighted by molar-refractivity contribution is 0.102. The topological polar surface area (TPSA) is 82.6 Å². The Balaban J connectivity index is 1.41. The fraction of sp³-hybridized carbons (Fsp3) is 0.250. The third-order valence-corrected chi connectivity index (χ3v) is 7.48. The van der Waals surface area contributed by atoms with E-state index in [-0.39, 0.29) is 10.8 Å². The van der Waals surface area contributed by atoms with Gasteiger partial charge < -0.3 is 10.2 Å². The zero-order valence-electron chi connectivity index (χ0n) is 17.9. The molecule has 1 aliphatic rings. The van der Waals surface area contributed by atoms with Crippen molar-refractivity contribution in [2.45, 2.75) is 24.2 Å². The summed E-state index contributed by atoms with van der Waals surface area (Å²) in [7, 11) is -1.58. The molecule has 1 amide bonds. The molecule has 8 heteroatoms. The standard InChI is InChI=1S/C24H26N4O3S/c1-27(21-8-4-2-5-9-21)23-15-10-19(18-25-23)24(29)26-20-11-13-22(14-12-20)32(30,31)28-16-6-3-7-17-28/h2,4-5,8-15,18H,3,6-7,16-17H2,1H3,(H,26,29). The molecule has 0 spiro atoms. The summed E-state index contributed by atoms with van der Waals surface area (Å²) in [6.45, 7) is 1.12. The number of aromatic nitrogens is 1. The zero-order chi connectivity index (χ0) is 22.6. The van der Waals surface area contributed by atoms with Crippen molar-refractivity contribution in [3.8, 4) is 0 Å². The number of hydrogen-bond donors (Lipinski definition) is 1. The normalized spacial score (nSPS) is 14.7. The molecule has 0 saturated carbocycles. The molecule has 2 heterocycles. The molecule has 166 valence electrons. The van der Waals surface area contributed by atoms with Gasteiger partial charge in [0.2, 0.25) is 10.0 Å². The second-order valence-electron chi connectivity index (χ2n) is 7.74. The van der Waals surface area contributed by atoms with Gasteiger partial charge in [-0.15, -0.1) is 0 Å². The fourth-order valence-corrected chi connectivity index (χ4v) is 5.19. The molecule has 4 rings (SSSR count). The van der Waals surface area contributed by atoms with Gasteiger partial charge in [0.05, 0.1) is 10.5 Å². The third kappa shape index (κ3) is 4.81. The number of pyridine rings is 1. The van der Waals surface area contributed by atoms with Crippen molar-refractivity contribution in [3.63, 3.8) is 0 Å². The van der Waals surface area contributed by atoms with Crippen LogP contribution < -0.4 is 10.2 Å². The van der Waals surface area contributed by atoms with E-state index < -0.39 is 10.0 Å². The van der Waals surface area contributed by atoms with Crippen LogP contribution in [0.25, 0.3) is 0 Å². The smallest absolute Gasteiger partial charge is 0.257 e. The minimum absolute atomic E-state index is 0.243. The molecule has 1 saturated heterocycles. The monoisotopic (exact) mass is 450 g/mol. The van der Waals surface area contributed by atoms with E-state index in [0.717, 1.165) is 30.8 Å². The number of carbonyl (C=O) groups is 1. The number of nitrogens with one attached hydrogen (secondary N) is 1. The number of carbonyl (C=O) groups excluding carboxylic acids is 1. The minimum Gasteiger partial charge on any atom is -0.329 e. The summed E-state index contributed by atoms with van der Waals surface area (Å²) in [4.78, 5) is 19.2. The number of hydrogen-bond acceptors (Lipinski definition) is 5. The third-order valence-electron chi connectivity index (χ3n) is 5.56. The van der Waals surface area contributed by atoms with Crippen LogP contribution in [0.4, 0.5) is 17.2 Å². The molecule has 1 N–H and O–H groups in total. The van der Waals surface area contributed by atoms with E-state index >= 15 is 0 Å². The maximum Gasteiger partial charge on any atom is 0.257 e. The van der Waals surface area contributed by atoms with Crippen molar-refractivity contribution in [2.75, 3.05) is 30.4 Å². The Morgan fingerprint density at radius 1 is 0.938 bits per heavy atom. The molecular weight excluding hydrogens is 424 g/mol. The predicted molar refractivity (Wildman–Crippen MR) is 126 cm³/mol. The van der Waals surface area contributed by atoms with Crippen LogP contribution in [0, 0.1) is 0 Å². The molecular formula is C24H26N4O3S. The lowest BCUT2D eigenvalue weighted by atomic mass is 10.2. The van der Waals surface area contributed by atoms with Crippen molar-refractivity contribution in [3.05, 3.63) is 78.5 Å². The van der Waals surface area contributed by atoms with Gasteiger partial charge in [0.1, 0.15) is 5.82 Å². The van der Waals surface area contributed by atoms with Crippen molar-refractivity contribution >= 4 is 33.1 Å². The number of nitrogens with zero attached hydrogens (tertiary/aromatic N) is 3. The molecule has 2 aromatic carbocycles. The highest BCUT2D eigenvalue weighted by molar-refractivity contribution is 7.89. The van der Waals surface area contributed by atoms with Gasteiger partial charge in [-0.3, -0.25) is 4.79 Å². The van der Waals surface area contributed by atoms with Crippen LogP contribution in [0.5, 0.6) is 0 Å². The number of rotatable bonds is 6. The Morgan fingerprint density at radius 2 is 1.62 bits per heavy atom. The first-order valence-corrected chi connectivity index (χ1v) is 12.1. The molecule has 0 radical (unpaired) electrons. The first-order valence-electron chi connectivity index (χ1n) is 10.6. The summed E-state index contributed by atoms with van der Waals surface area (Å²) >= 11 is 0. The van der Waals surface area contributed by atoms with E-state index in [1.165, 1.54) is 22.6 Å². The van der Waals surface area contributed by atoms with E-state index in [4.69, 9.17) is 0 Å². The van der Waals surface area contributed by atoms with Crippen LogP contribution >= 0.6 is 0 Å². The molecule has 1 fully saturated rings. The molecule has 1 aromatic heterocycles. The van der Waals surface area contributed by atoms with Gasteiger partial charge in [-0.25, -0.2) is 13.4 Å². The van der Waals surface area contributed by atoms with Crippen molar-refractivity contribution in [1.82, 2.24) is 9.29 Å². The Bertz CT molecular complexity index is 1160. The number of benzene rings is 2. The molecule has 1 aliphatic heterocycles. The second-order valence-corrected chi connectivity index (χ2v) is 9.68. The quantitative estimate of drug-likeness (QED) is 0.606. The van der Waals surface area contributed by atoms with E-state index in [0.29, 0.717) is 24.3 Å². The Morgan fingerprint density at radius 3 is 2.25 bits per heavy atom. The first kappa shape index (κ1) is 22.0. The molecule has 0 bridgehead atoms. The van der Waals surface area contributed by atoms with Crippen LogP contribution in [0.15, 0.2) is 77.8 Å². The molecule has 0 atom stereocenters. The Kier molecular flexibility index (Phi) is 6.53. The van der Waals surface area contributed by atoms with E-state index in [2.05, 4.69) is 10.3 Å². The van der Waals surface area contributed by atoms with Crippen molar-refractivity contribution < 1.29 is 13.2 Å². The number of anilines is 3. The molecule has 0 aliphatic carbocycles. The first-order chi connectivity index (χ1) is 15.4. The summed E-state index contributed by atoms with van der Waals surface area (Å²) < 4.78 is 27.0. The number of amides is 1. The van der Waals surface area contributed by atoms with E-state index in [1.54, 1.807) is 24.3 Å². The maximum atomic E-state index is 12.8. The van der Waals surface area contributed by atoms with Gasteiger partial charge in [-0.05, 0) is 61.4 Å². The van der Waals surface area contributed by atoms with E-state index in [1.807, 2.05) is 42.3 Å². The van der Waals surface area contributed by atoms with Gasteiger partial charge in [-0.1, -0.05) is 24.6 Å². The van der Waals surface area contributed by atoms with Crippen LogP contribution in [-0.2, 0) is 10.0 Å². The van der Waals surface area contributed by atoms with Crippen molar-refractivity contribution in [1.29, 1.82) is 0 Å². The largest absolute Gasteiger partial charge is 0.329 e. The summed E-state index contributed by atoms with van der Waals surface area (Å²) in [5.41, 5.74) is 1.94. The summed E-state index contributed by atoms with van der Waals surface area (Å²) in [6.07, 6.45) is 4.37. The SMILES string of the molecule is CN(c1ccccc1)c1ccc(C(=O)Nc2ccc(S(=O)(=O)N3CCCCC3)cc2)cn1. The van der Waals surface area contributed by atoms with Crippen molar-refractivity contribution in [2.24, 2.45) is 0 Å². The minimum atomic E-state index is -3.49. The lowest BCUT2D eigenvalue weighted by Gasteiger charge is -2.25. The van der Waals surface area contributed by atoms with Gasteiger partial charge >= 0.3 is 0 Å². The highest BCUT2D eigenvalue weighted by atomic mass is 32.2. The van der Waals surface area contributed by atoms with Crippen LogP contribution in [0.1, 0.15) is 29.6 Å². The fourth-order valence-electron chi connectivity index (χ4n) is 3.67. The summed E-state index contributed by atoms with van der Waals surface area (Å²) in [5, 5.41) is 2.80. The lowest BCUT2D eigenvalue weighted by Crippen LogP contribution is -2.35. The average molecular weight is 451 g/mol. The van der Waals surface area contributed by atoms with Crippen LogP contribution in [0.3, 0.4) is 0 Å². The van der Waals surface area contributed by atoms with E-state index in [9.17, 15) is 13.2 Å². The maximum absolute atomic E-state index is 12.8. The average Bonchev–Trinajstić information content (AvgIpc) is 2.85. The number of para-hydroxylation sites is 1. The zero-order valence-corrected chi connectivity index (χ0v) is 18.8. The Hall–Kier alpha value is -3.23.